The van der Waals surface area contributed by atoms with Gasteiger partial charge in [-0.2, -0.15) is 10.1 Å². The Hall–Kier alpha value is -2.19. The third kappa shape index (κ3) is 4.22. The number of nitrogens with zero attached hydrogens (tertiary/aromatic N) is 4. The zero-order valence-corrected chi connectivity index (χ0v) is 20.0. The van der Waals surface area contributed by atoms with Crippen molar-refractivity contribution in [1.82, 2.24) is 25.1 Å². The van der Waals surface area contributed by atoms with E-state index in [0.29, 0.717) is 30.7 Å². The first kappa shape index (κ1) is 23.0. The third-order valence-corrected chi connectivity index (χ3v) is 6.89. The normalized spacial score (nSPS) is 26.2. The fourth-order valence-electron chi connectivity index (χ4n) is 5.50. The molecule has 8 nitrogen and oxygen atoms in total. The molecule has 2 bridgehead atoms. The molecular weight excluding hydrogens is 406 g/mol. The van der Waals surface area contributed by atoms with E-state index < -0.39 is 5.60 Å². The predicted molar refractivity (Wildman–Crippen MR) is 122 cm³/mol. The van der Waals surface area contributed by atoms with Gasteiger partial charge in [0, 0.05) is 54.3 Å². The fourth-order valence-corrected chi connectivity index (χ4v) is 5.50. The van der Waals surface area contributed by atoms with E-state index in [4.69, 9.17) is 9.47 Å². The molecule has 4 rings (SSSR count). The summed E-state index contributed by atoms with van der Waals surface area (Å²) < 4.78 is 11.3. The first-order valence-electron chi connectivity index (χ1n) is 11.9. The van der Waals surface area contributed by atoms with Crippen LogP contribution in [-0.2, 0) is 17.6 Å². The molecule has 0 spiro atoms. The highest BCUT2D eigenvalue weighted by Gasteiger charge is 2.53. The molecule has 2 atom stereocenters. The number of H-pyrrole nitrogens is 1. The van der Waals surface area contributed by atoms with Crippen LogP contribution in [0.2, 0.25) is 0 Å². The minimum absolute atomic E-state index is 0.0181. The van der Waals surface area contributed by atoms with Gasteiger partial charge in [0.25, 0.3) is 0 Å². The molecule has 0 radical (unpaired) electrons. The summed E-state index contributed by atoms with van der Waals surface area (Å²) in [5, 5.41) is 19.6. The highest BCUT2D eigenvalue weighted by molar-refractivity contribution is 5.35. The van der Waals surface area contributed by atoms with Gasteiger partial charge in [-0.05, 0) is 26.7 Å². The molecule has 32 heavy (non-hydrogen) atoms. The van der Waals surface area contributed by atoms with Crippen molar-refractivity contribution in [3.63, 3.8) is 0 Å². The molecule has 176 valence electrons. The number of rotatable bonds is 7. The molecule has 1 aliphatic carbocycles. The quantitative estimate of drug-likeness (QED) is 0.677. The predicted octanol–water partition coefficient (Wildman–Crippen LogP) is 3.41. The van der Waals surface area contributed by atoms with Crippen LogP contribution in [0.1, 0.15) is 70.7 Å². The van der Waals surface area contributed by atoms with Crippen LogP contribution in [0, 0.1) is 11.8 Å². The number of aromatic nitrogens is 4. The second-order valence-corrected chi connectivity index (χ2v) is 10.1. The Morgan fingerprint density at radius 3 is 2.44 bits per heavy atom. The Bertz CT molecular complexity index is 909. The Kier molecular flexibility index (Phi) is 6.45. The zero-order chi connectivity index (χ0) is 22.9. The lowest BCUT2D eigenvalue weighted by molar-refractivity contribution is -0.150. The number of aliphatic hydroxyl groups is 1. The van der Waals surface area contributed by atoms with Crippen LogP contribution in [0.5, 0.6) is 11.9 Å². The standard InChI is InChI=1S/C24H37N5O3/c1-6-31-21-19(12-25-22(27-21)32-7-2)24(30)17-9-8-10-18(24)15-29(14-17)13-16-11-26-28-20(16)23(3,4)5/h11-12,17-18,30H,6-10,13-15H2,1-5H3,(H,26,28). The van der Waals surface area contributed by atoms with Crippen molar-refractivity contribution < 1.29 is 14.6 Å². The van der Waals surface area contributed by atoms with Gasteiger partial charge in [0.1, 0.15) is 5.60 Å². The largest absolute Gasteiger partial charge is 0.478 e. The Balaban J connectivity index is 1.61. The van der Waals surface area contributed by atoms with Crippen LogP contribution >= 0.6 is 0 Å². The molecule has 2 N–H and O–H groups in total. The number of nitrogens with one attached hydrogen (secondary N) is 1. The first-order valence-corrected chi connectivity index (χ1v) is 11.9. The molecule has 2 unspecified atom stereocenters. The van der Waals surface area contributed by atoms with Gasteiger partial charge in [-0.25, -0.2) is 4.98 Å². The number of hydrogen-bond donors (Lipinski definition) is 2. The number of fused-ring (bicyclic) bond motifs is 2. The van der Waals surface area contributed by atoms with Gasteiger partial charge in [0.15, 0.2) is 0 Å². The topological polar surface area (TPSA) is 96.4 Å². The summed E-state index contributed by atoms with van der Waals surface area (Å²) in [6, 6.07) is 0.292. The molecule has 2 aromatic heterocycles. The second-order valence-electron chi connectivity index (χ2n) is 10.1. The van der Waals surface area contributed by atoms with E-state index in [-0.39, 0.29) is 17.3 Å². The van der Waals surface area contributed by atoms with Gasteiger partial charge in [-0.3, -0.25) is 10.00 Å². The summed E-state index contributed by atoms with van der Waals surface area (Å²) in [5.74, 6) is 0.644. The minimum atomic E-state index is -0.993. The smallest absolute Gasteiger partial charge is 0.319 e. The van der Waals surface area contributed by atoms with Crippen LogP contribution in [0.4, 0.5) is 0 Å². The molecular formula is C24H37N5O3. The molecule has 8 heteroatoms. The molecule has 2 fully saturated rings. The molecule has 0 aromatic carbocycles. The summed E-state index contributed by atoms with van der Waals surface area (Å²) in [5.41, 5.74) is 2.15. The second kappa shape index (κ2) is 8.98. The average molecular weight is 444 g/mol. The maximum absolute atomic E-state index is 12.1. The highest BCUT2D eigenvalue weighted by atomic mass is 16.5. The van der Waals surface area contributed by atoms with Crippen molar-refractivity contribution in [3.05, 3.63) is 29.2 Å². The van der Waals surface area contributed by atoms with Crippen LogP contribution in [0.25, 0.3) is 0 Å². The minimum Gasteiger partial charge on any atom is -0.478 e. The van der Waals surface area contributed by atoms with Crippen molar-refractivity contribution in [2.75, 3.05) is 26.3 Å². The first-order chi connectivity index (χ1) is 15.3. The van der Waals surface area contributed by atoms with Gasteiger partial charge in [-0.1, -0.05) is 27.2 Å². The monoisotopic (exact) mass is 443 g/mol. The number of aromatic amines is 1. The van der Waals surface area contributed by atoms with E-state index in [2.05, 4.69) is 45.8 Å². The van der Waals surface area contributed by atoms with E-state index >= 15 is 0 Å². The van der Waals surface area contributed by atoms with Crippen LogP contribution in [-0.4, -0.2) is 56.5 Å². The number of likely N-dealkylation sites (tertiary alicyclic amines) is 1. The summed E-state index contributed by atoms with van der Waals surface area (Å²) in [4.78, 5) is 11.3. The van der Waals surface area contributed by atoms with Gasteiger partial charge >= 0.3 is 6.01 Å². The number of ether oxygens (including phenoxy) is 2. The average Bonchev–Trinajstić information content (AvgIpc) is 3.18. The van der Waals surface area contributed by atoms with Crippen LogP contribution in [0.15, 0.2) is 12.4 Å². The summed E-state index contributed by atoms with van der Waals surface area (Å²) in [6.07, 6.45) is 6.74. The molecule has 1 aliphatic heterocycles. The van der Waals surface area contributed by atoms with E-state index in [1.807, 2.05) is 20.0 Å². The number of piperidine rings is 1. The molecule has 0 amide bonds. The summed E-state index contributed by atoms with van der Waals surface area (Å²) >= 11 is 0. The Morgan fingerprint density at radius 1 is 1.12 bits per heavy atom. The van der Waals surface area contributed by atoms with Crippen molar-refractivity contribution in [1.29, 1.82) is 0 Å². The lowest BCUT2D eigenvalue weighted by Crippen LogP contribution is -2.58. The van der Waals surface area contributed by atoms with E-state index in [1.54, 1.807) is 6.20 Å². The SMILES string of the molecule is CCOc1ncc(C2(O)C3CCCC2CN(Cc2cn[nH]c2C(C)(C)C)C3)c(OCC)n1. The molecule has 2 aliphatic rings. The van der Waals surface area contributed by atoms with Crippen molar-refractivity contribution in [3.8, 4) is 11.9 Å². The third-order valence-electron chi connectivity index (χ3n) is 6.89. The fraction of sp³-hybridized carbons (Fsp3) is 0.708. The van der Waals surface area contributed by atoms with E-state index in [0.717, 1.165) is 38.9 Å². The van der Waals surface area contributed by atoms with Crippen molar-refractivity contribution in [2.45, 2.75) is 71.4 Å². The van der Waals surface area contributed by atoms with Crippen LogP contribution in [0.3, 0.4) is 0 Å². The molecule has 1 saturated heterocycles. The van der Waals surface area contributed by atoms with Gasteiger partial charge in [-0.15, -0.1) is 0 Å². The maximum Gasteiger partial charge on any atom is 0.319 e. The van der Waals surface area contributed by atoms with Crippen molar-refractivity contribution >= 4 is 0 Å². The zero-order valence-electron chi connectivity index (χ0n) is 20.0. The van der Waals surface area contributed by atoms with Gasteiger partial charge in [0.2, 0.25) is 5.88 Å². The van der Waals surface area contributed by atoms with Gasteiger partial charge < -0.3 is 14.6 Å². The lowest BCUT2D eigenvalue weighted by Gasteiger charge is -2.53. The lowest BCUT2D eigenvalue weighted by atomic mass is 9.63. The van der Waals surface area contributed by atoms with Gasteiger partial charge in [0.05, 0.1) is 25.0 Å². The van der Waals surface area contributed by atoms with E-state index in [9.17, 15) is 5.11 Å². The van der Waals surface area contributed by atoms with E-state index in [1.165, 1.54) is 11.3 Å². The van der Waals surface area contributed by atoms with Crippen molar-refractivity contribution in [2.24, 2.45) is 11.8 Å². The molecule has 1 saturated carbocycles. The summed E-state index contributed by atoms with van der Waals surface area (Å²) in [7, 11) is 0. The molecule has 2 aromatic rings. The highest BCUT2D eigenvalue weighted by Crippen LogP contribution is 2.51. The molecule has 3 heterocycles. The number of hydrogen-bond acceptors (Lipinski definition) is 7. The maximum atomic E-state index is 12.1. The van der Waals surface area contributed by atoms with Crippen LogP contribution < -0.4 is 9.47 Å². The summed E-state index contributed by atoms with van der Waals surface area (Å²) in [6.45, 7) is 13.9. The Morgan fingerprint density at radius 2 is 1.81 bits per heavy atom. The Labute approximate surface area is 190 Å².